The Morgan fingerprint density at radius 1 is 1.17 bits per heavy atom. The van der Waals surface area contributed by atoms with Crippen molar-refractivity contribution in [3.63, 3.8) is 0 Å². The Morgan fingerprint density at radius 2 is 1.90 bits per heavy atom. The van der Waals surface area contributed by atoms with E-state index < -0.39 is 35.6 Å². The minimum Gasteiger partial charge on any atom is -0.496 e. The predicted octanol–water partition coefficient (Wildman–Crippen LogP) is 4.32. The van der Waals surface area contributed by atoms with E-state index in [-0.39, 0.29) is 6.07 Å². The standard InChI is InChI=1S/C18H14F4N4O2S/c1-27-13-3-2-9(6-24-26-18-25-14(23)8-29-18)4-10(13)7-28-17-15(21)11(19)5-12(20)16(17)22/h2-6,8H,7,23H2,1H3,(H,25,26). The van der Waals surface area contributed by atoms with E-state index in [1.54, 1.807) is 23.6 Å². The van der Waals surface area contributed by atoms with Crippen molar-refractivity contribution in [2.45, 2.75) is 6.61 Å². The Labute approximate surface area is 166 Å². The molecule has 0 saturated carbocycles. The lowest BCUT2D eigenvalue weighted by atomic mass is 10.1. The van der Waals surface area contributed by atoms with Gasteiger partial charge in [0.1, 0.15) is 18.2 Å². The van der Waals surface area contributed by atoms with Crippen molar-refractivity contribution in [1.82, 2.24) is 4.98 Å². The molecule has 2 aromatic carbocycles. The van der Waals surface area contributed by atoms with Gasteiger partial charge in [0.2, 0.25) is 16.8 Å². The topological polar surface area (TPSA) is 81.8 Å². The lowest BCUT2D eigenvalue weighted by Crippen LogP contribution is -2.05. The van der Waals surface area contributed by atoms with Crippen molar-refractivity contribution in [3.8, 4) is 11.5 Å². The zero-order chi connectivity index (χ0) is 21.0. The van der Waals surface area contributed by atoms with Gasteiger partial charge >= 0.3 is 0 Å². The Bertz CT molecular complexity index is 1030. The molecule has 0 aliphatic carbocycles. The Morgan fingerprint density at radius 3 is 2.52 bits per heavy atom. The molecule has 3 rings (SSSR count). The number of hydrogen-bond acceptors (Lipinski definition) is 7. The summed E-state index contributed by atoms with van der Waals surface area (Å²) in [6.07, 6.45) is 1.46. The van der Waals surface area contributed by atoms with Crippen molar-refractivity contribution in [2.75, 3.05) is 18.3 Å². The number of nitrogens with two attached hydrogens (primary N) is 1. The van der Waals surface area contributed by atoms with Crippen LogP contribution in [0.4, 0.5) is 28.5 Å². The molecule has 0 aliphatic rings. The monoisotopic (exact) mass is 426 g/mol. The number of nitrogen functional groups attached to an aromatic ring is 1. The molecule has 0 bridgehead atoms. The Kier molecular flexibility index (Phi) is 6.17. The van der Waals surface area contributed by atoms with E-state index in [0.29, 0.717) is 27.8 Å². The summed E-state index contributed by atoms with van der Waals surface area (Å²) < 4.78 is 64.3. The van der Waals surface area contributed by atoms with Gasteiger partial charge in [-0.05, 0) is 23.8 Å². The molecule has 0 amide bonds. The summed E-state index contributed by atoms with van der Waals surface area (Å²) in [5.74, 6) is -6.78. The molecule has 29 heavy (non-hydrogen) atoms. The highest BCUT2D eigenvalue weighted by molar-refractivity contribution is 7.14. The highest BCUT2D eigenvalue weighted by Gasteiger charge is 2.21. The van der Waals surface area contributed by atoms with Gasteiger partial charge in [0.15, 0.2) is 17.4 Å². The molecule has 0 spiro atoms. The lowest BCUT2D eigenvalue weighted by Gasteiger charge is -2.12. The van der Waals surface area contributed by atoms with Gasteiger partial charge < -0.3 is 15.2 Å². The first kappa shape index (κ1) is 20.4. The molecule has 0 atom stereocenters. The number of nitrogens with one attached hydrogen (secondary N) is 1. The van der Waals surface area contributed by atoms with Crippen LogP contribution in [0, 0.1) is 23.3 Å². The number of halogens is 4. The van der Waals surface area contributed by atoms with Gasteiger partial charge in [0, 0.05) is 17.0 Å². The molecule has 152 valence electrons. The number of rotatable bonds is 7. The summed E-state index contributed by atoms with van der Waals surface area (Å²) in [7, 11) is 1.39. The number of nitrogens with zero attached hydrogens (tertiary/aromatic N) is 2. The molecule has 0 saturated heterocycles. The molecule has 0 aliphatic heterocycles. The predicted molar refractivity (Wildman–Crippen MR) is 101 cm³/mol. The number of hydrogen-bond donors (Lipinski definition) is 2. The van der Waals surface area contributed by atoms with Crippen LogP contribution in [0.2, 0.25) is 0 Å². The van der Waals surface area contributed by atoms with Crippen molar-refractivity contribution >= 4 is 28.5 Å². The molecule has 1 aromatic heterocycles. The van der Waals surface area contributed by atoms with Crippen molar-refractivity contribution in [2.24, 2.45) is 5.10 Å². The molecule has 11 heteroatoms. The fourth-order valence-corrected chi connectivity index (χ4v) is 2.87. The molecule has 3 aromatic rings. The summed E-state index contributed by atoms with van der Waals surface area (Å²) in [5.41, 5.74) is 9.18. The average molecular weight is 426 g/mol. The maximum atomic E-state index is 13.8. The largest absolute Gasteiger partial charge is 0.496 e. The van der Waals surface area contributed by atoms with Gasteiger partial charge in [-0.15, -0.1) is 11.3 Å². The lowest BCUT2D eigenvalue weighted by molar-refractivity contribution is 0.256. The maximum Gasteiger partial charge on any atom is 0.205 e. The van der Waals surface area contributed by atoms with E-state index in [0.717, 1.165) is 0 Å². The van der Waals surface area contributed by atoms with Crippen molar-refractivity contribution in [3.05, 3.63) is 64.0 Å². The highest BCUT2D eigenvalue weighted by atomic mass is 32.1. The van der Waals surface area contributed by atoms with Crippen LogP contribution < -0.4 is 20.6 Å². The first-order valence-electron chi connectivity index (χ1n) is 8.01. The number of ether oxygens (including phenoxy) is 2. The number of aromatic nitrogens is 1. The van der Waals surface area contributed by atoms with Gasteiger partial charge in [0.05, 0.1) is 13.3 Å². The van der Waals surface area contributed by atoms with Crippen molar-refractivity contribution in [1.29, 1.82) is 0 Å². The average Bonchev–Trinajstić information content (AvgIpc) is 3.11. The molecule has 0 fully saturated rings. The van der Waals surface area contributed by atoms with Crippen LogP contribution in [-0.2, 0) is 6.61 Å². The quantitative estimate of drug-likeness (QED) is 0.255. The summed E-state index contributed by atoms with van der Waals surface area (Å²) in [4.78, 5) is 3.98. The van der Waals surface area contributed by atoms with Gasteiger partial charge in [0.25, 0.3) is 0 Å². The third kappa shape index (κ3) is 4.74. The van der Waals surface area contributed by atoms with Gasteiger partial charge in [-0.2, -0.15) is 13.9 Å². The highest BCUT2D eigenvalue weighted by Crippen LogP contribution is 2.29. The number of anilines is 2. The number of hydrazone groups is 1. The third-order valence-electron chi connectivity index (χ3n) is 3.64. The zero-order valence-electron chi connectivity index (χ0n) is 14.9. The van der Waals surface area contributed by atoms with Crippen LogP contribution in [0.15, 0.2) is 34.7 Å². The molecule has 3 N–H and O–H groups in total. The van der Waals surface area contributed by atoms with Crippen molar-refractivity contribution < 1.29 is 27.0 Å². The minimum absolute atomic E-state index is 0.109. The van der Waals surface area contributed by atoms with E-state index in [9.17, 15) is 17.6 Å². The number of benzene rings is 2. The van der Waals surface area contributed by atoms with Crippen LogP contribution >= 0.6 is 11.3 Å². The Hall–Kier alpha value is -3.34. The van der Waals surface area contributed by atoms with Crippen LogP contribution in [0.25, 0.3) is 0 Å². The van der Waals surface area contributed by atoms with E-state index >= 15 is 0 Å². The second kappa shape index (κ2) is 8.78. The summed E-state index contributed by atoms with van der Waals surface area (Å²) in [6.45, 7) is -0.405. The SMILES string of the molecule is COc1ccc(C=NNc2nc(N)cs2)cc1COc1c(F)c(F)cc(F)c1F. The maximum absolute atomic E-state index is 13.8. The summed E-state index contributed by atoms with van der Waals surface area (Å²) in [6, 6.07) is 4.94. The molecule has 0 unspecified atom stereocenters. The second-order valence-electron chi connectivity index (χ2n) is 5.60. The van der Waals surface area contributed by atoms with E-state index in [2.05, 4.69) is 15.5 Å². The first-order valence-corrected chi connectivity index (χ1v) is 8.89. The van der Waals surface area contributed by atoms with E-state index in [1.807, 2.05) is 0 Å². The van der Waals surface area contributed by atoms with Gasteiger partial charge in [-0.3, -0.25) is 5.43 Å². The summed E-state index contributed by atoms with van der Waals surface area (Å²) in [5, 5.41) is 6.15. The molecule has 1 heterocycles. The zero-order valence-corrected chi connectivity index (χ0v) is 15.7. The van der Waals surface area contributed by atoms with Crippen LogP contribution in [0.3, 0.4) is 0 Å². The molecular formula is C18H14F4N4O2S. The van der Waals surface area contributed by atoms with E-state index in [4.69, 9.17) is 15.2 Å². The van der Waals surface area contributed by atoms with Gasteiger partial charge in [-0.25, -0.2) is 13.8 Å². The minimum atomic E-state index is -1.62. The van der Waals surface area contributed by atoms with Crippen LogP contribution in [-0.4, -0.2) is 18.3 Å². The molecule has 0 radical (unpaired) electrons. The first-order chi connectivity index (χ1) is 13.9. The number of methoxy groups -OCH3 is 1. The smallest absolute Gasteiger partial charge is 0.205 e. The van der Waals surface area contributed by atoms with Crippen LogP contribution in [0.5, 0.6) is 11.5 Å². The fourth-order valence-electron chi connectivity index (χ4n) is 2.32. The third-order valence-corrected chi connectivity index (χ3v) is 4.41. The van der Waals surface area contributed by atoms with E-state index in [1.165, 1.54) is 24.7 Å². The molecular weight excluding hydrogens is 412 g/mol. The summed E-state index contributed by atoms with van der Waals surface area (Å²) >= 11 is 1.27. The second-order valence-corrected chi connectivity index (χ2v) is 6.46. The van der Waals surface area contributed by atoms with Crippen LogP contribution in [0.1, 0.15) is 11.1 Å². The normalized spacial score (nSPS) is 11.1. The fraction of sp³-hybridized carbons (Fsp3) is 0.111. The molecule has 6 nitrogen and oxygen atoms in total. The Balaban J connectivity index is 1.77. The van der Waals surface area contributed by atoms with Gasteiger partial charge in [-0.1, -0.05) is 0 Å². The number of thiazole rings is 1.